The average molecular weight is 257 g/mol. The molecule has 0 N–H and O–H groups in total. The lowest BCUT2D eigenvalue weighted by molar-refractivity contribution is 0.363. The molecule has 0 aliphatic carbocycles. The number of halogens is 1. The van der Waals surface area contributed by atoms with Crippen LogP contribution in [0.15, 0.2) is 59.5 Å². The van der Waals surface area contributed by atoms with Gasteiger partial charge < -0.3 is 0 Å². The molecule has 90 valence electrons. The van der Waals surface area contributed by atoms with E-state index < -0.39 is 5.12 Å². The summed E-state index contributed by atoms with van der Waals surface area (Å²) in [6.45, 7) is 9.09. The SMILES string of the molecule is [C-]#[N+]C(F)(Sc1ccc(C)cc1)c1ccccc1. The molecule has 0 amide bonds. The van der Waals surface area contributed by atoms with Crippen LogP contribution in [0.3, 0.4) is 0 Å². The number of aryl methyl sites for hydroxylation is 1. The molecule has 1 unspecified atom stereocenters. The predicted molar refractivity (Wildman–Crippen MR) is 72.9 cm³/mol. The van der Waals surface area contributed by atoms with E-state index in [0.717, 1.165) is 22.2 Å². The fourth-order valence-corrected chi connectivity index (χ4v) is 2.44. The Bertz CT molecular complexity index is 559. The summed E-state index contributed by atoms with van der Waals surface area (Å²) in [4.78, 5) is 3.91. The summed E-state index contributed by atoms with van der Waals surface area (Å²) in [6, 6.07) is 16.1. The lowest BCUT2D eigenvalue weighted by Crippen LogP contribution is -2.09. The van der Waals surface area contributed by atoms with Crippen LogP contribution in [-0.2, 0) is 5.12 Å². The van der Waals surface area contributed by atoms with E-state index in [0.29, 0.717) is 5.56 Å². The van der Waals surface area contributed by atoms with Crippen molar-refractivity contribution in [1.29, 1.82) is 0 Å². The van der Waals surface area contributed by atoms with Crippen molar-refractivity contribution in [3.63, 3.8) is 0 Å². The highest BCUT2D eigenvalue weighted by atomic mass is 32.2. The minimum absolute atomic E-state index is 0.380. The Morgan fingerprint density at radius 2 is 1.67 bits per heavy atom. The van der Waals surface area contributed by atoms with Gasteiger partial charge in [0.25, 0.3) is 0 Å². The first-order valence-electron chi connectivity index (χ1n) is 5.53. The van der Waals surface area contributed by atoms with E-state index in [1.165, 1.54) is 0 Å². The number of thioether (sulfide) groups is 1. The summed E-state index contributed by atoms with van der Waals surface area (Å²) < 4.78 is 14.6. The maximum Gasteiger partial charge on any atom is 0.451 e. The van der Waals surface area contributed by atoms with E-state index in [9.17, 15) is 4.39 Å². The van der Waals surface area contributed by atoms with Crippen molar-refractivity contribution in [2.75, 3.05) is 0 Å². The highest BCUT2D eigenvalue weighted by Gasteiger charge is 2.40. The van der Waals surface area contributed by atoms with Crippen LogP contribution in [-0.4, -0.2) is 0 Å². The quantitative estimate of drug-likeness (QED) is 0.434. The molecule has 2 rings (SSSR count). The fraction of sp³-hybridized carbons (Fsp3) is 0.133. The van der Waals surface area contributed by atoms with Crippen LogP contribution in [0.25, 0.3) is 4.85 Å². The lowest BCUT2D eigenvalue weighted by atomic mass is 10.2. The van der Waals surface area contributed by atoms with Crippen LogP contribution in [0.4, 0.5) is 4.39 Å². The van der Waals surface area contributed by atoms with Crippen molar-refractivity contribution in [2.45, 2.75) is 16.9 Å². The molecule has 0 fully saturated rings. The van der Waals surface area contributed by atoms with Gasteiger partial charge in [-0.1, -0.05) is 35.9 Å². The Kier molecular flexibility index (Phi) is 3.69. The topological polar surface area (TPSA) is 4.36 Å². The van der Waals surface area contributed by atoms with Crippen LogP contribution in [0, 0.1) is 13.5 Å². The fourth-order valence-electron chi connectivity index (χ4n) is 1.55. The van der Waals surface area contributed by atoms with Gasteiger partial charge in [0.2, 0.25) is 0 Å². The van der Waals surface area contributed by atoms with Crippen molar-refractivity contribution < 1.29 is 4.39 Å². The zero-order valence-electron chi connectivity index (χ0n) is 9.93. The molecule has 0 bridgehead atoms. The normalized spacial score (nSPS) is 13.6. The second kappa shape index (κ2) is 5.24. The van der Waals surface area contributed by atoms with Crippen molar-refractivity contribution in [2.24, 2.45) is 0 Å². The van der Waals surface area contributed by atoms with E-state index in [1.807, 2.05) is 37.3 Å². The van der Waals surface area contributed by atoms with E-state index >= 15 is 0 Å². The molecule has 0 radical (unpaired) electrons. The highest BCUT2D eigenvalue weighted by Crippen LogP contribution is 2.44. The third kappa shape index (κ3) is 2.72. The molecular formula is C15H12FNS. The summed E-state index contributed by atoms with van der Waals surface area (Å²) in [5, 5.41) is -2.06. The van der Waals surface area contributed by atoms with Gasteiger partial charge in [0.1, 0.15) is 0 Å². The zero-order valence-corrected chi connectivity index (χ0v) is 10.7. The number of nitrogens with zero attached hydrogens (tertiary/aromatic N) is 1. The highest BCUT2D eigenvalue weighted by molar-refractivity contribution is 8.00. The maximum absolute atomic E-state index is 14.6. The van der Waals surface area contributed by atoms with Gasteiger partial charge in [-0.15, -0.1) is 4.39 Å². The molecule has 0 spiro atoms. The van der Waals surface area contributed by atoms with Gasteiger partial charge in [0.05, 0.1) is 5.56 Å². The van der Waals surface area contributed by atoms with Crippen molar-refractivity contribution in [3.05, 3.63) is 77.1 Å². The Hall–Kier alpha value is -1.79. The van der Waals surface area contributed by atoms with Gasteiger partial charge in [-0.05, 0) is 31.2 Å². The molecule has 3 heteroatoms. The Balaban J connectivity index is 2.30. The van der Waals surface area contributed by atoms with Gasteiger partial charge in [0, 0.05) is 16.7 Å². The zero-order chi connectivity index (χ0) is 13.0. The monoisotopic (exact) mass is 257 g/mol. The van der Waals surface area contributed by atoms with E-state index in [-0.39, 0.29) is 0 Å². The van der Waals surface area contributed by atoms with E-state index in [4.69, 9.17) is 6.57 Å². The Morgan fingerprint density at radius 1 is 1.06 bits per heavy atom. The molecule has 2 aromatic carbocycles. The van der Waals surface area contributed by atoms with E-state index in [1.54, 1.807) is 24.3 Å². The Morgan fingerprint density at radius 3 is 2.22 bits per heavy atom. The number of benzene rings is 2. The minimum Gasteiger partial charge on any atom is -0.259 e. The average Bonchev–Trinajstić information content (AvgIpc) is 2.42. The molecule has 0 heterocycles. The van der Waals surface area contributed by atoms with Crippen molar-refractivity contribution in [3.8, 4) is 0 Å². The van der Waals surface area contributed by atoms with Gasteiger partial charge in [-0.2, -0.15) is 0 Å². The smallest absolute Gasteiger partial charge is 0.259 e. The van der Waals surface area contributed by atoms with Gasteiger partial charge >= 0.3 is 5.12 Å². The van der Waals surface area contributed by atoms with Gasteiger partial charge in [-0.3, -0.25) is 4.85 Å². The third-order valence-corrected chi connectivity index (χ3v) is 3.65. The molecule has 0 aliphatic heterocycles. The summed E-state index contributed by atoms with van der Waals surface area (Å²) in [5.74, 6) is 0. The molecular weight excluding hydrogens is 245 g/mol. The molecule has 0 saturated heterocycles. The Labute approximate surface area is 110 Å². The number of hydrogen-bond donors (Lipinski definition) is 0. The molecule has 0 aliphatic rings. The van der Waals surface area contributed by atoms with Crippen LogP contribution < -0.4 is 0 Å². The molecule has 1 atom stereocenters. The number of alkyl halides is 1. The second-order valence-corrected chi connectivity index (χ2v) is 5.17. The largest absolute Gasteiger partial charge is 0.451 e. The summed E-state index contributed by atoms with van der Waals surface area (Å²) in [7, 11) is 0. The predicted octanol–water partition coefficient (Wildman–Crippen LogP) is 4.79. The molecule has 0 saturated carbocycles. The molecule has 1 nitrogen and oxygen atoms in total. The standard InChI is InChI=1S/C15H12FNS/c1-12-8-10-14(11-9-12)18-15(16,17-2)13-6-4-3-5-7-13/h3-11H,1H3. The van der Waals surface area contributed by atoms with Gasteiger partial charge in [0.15, 0.2) is 0 Å². The van der Waals surface area contributed by atoms with E-state index in [2.05, 4.69) is 4.85 Å². The maximum atomic E-state index is 14.6. The van der Waals surface area contributed by atoms with Crippen molar-refractivity contribution >= 4 is 11.8 Å². The third-order valence-electron chi connectivity index (χ3n) is 2.55. The number of hydrogen-bond acceptors (Lipinski definition) is 1. The lowest BCUT2D eigenvalue weighted by Gasteiger charge is -2.12. The minimum atomic E-state index is -2.06. The molecule has 0 aromatic heterocycles. The summed E-state index contributed by atoms with van der Waals surface area (Å²) in [6.07, 6.45) is 0. The van der Waals surface area contributed by atoms with Crippen LogP contribution in [0.1, 0.15) is 11.1 Å². The first-order chi connectivity index (χ1) is 8.64. The molecule has 2 aromatic rings. The second-order valence-electron chi connectivity index (χ2n) is 3.95. The van der Waals surface area contributed by atoms with Gasteiger partial charge in [-0.25, -0.2) is 6.57 Å². The first-order valence-corrected chi connectivity index (χ1v) is 6.34. The molecule has 18 heavy (non-hydrogen) atoms. The number of rotatable bonds is 3. The van der Waals surface area contributed by atoms with Crippen LogP contribution in [0.5, 0.6) is 0 Å². The first kappa shape index (κ1) is 12.7. The van der Waals surface area contributed by atoms with Crippen molar-refractivity contribution in [1.82, 2.24) is 0 Å². The van der Waals surface area contributed by atoms with Crippen LogP contribution in [0.2, 0.25) is 0 Å². The van der Waals surface area contributed by atoms with Crippen LogP contribution >= 0.6 is 11.8 Å². The summed E-state index contributed by atoms with van der Waals surface area (Å²) in [5.41, 5.74) is 1.50. The summed E-state index contributed by atoms with van der Waals surface area (Å²) >= 11 is 0.932.